The van der Waals surface area contributed by atoms with Gasteiger partial charge >= 0.3 is 0 Å². The summed E-state index contributed by atoms with van der Waals surface area (Å²) in [6.07, 6.45) is -0.233. The zero-order valence-corrected chi connectivity index (χ0v) is 6.13. The first-order valence-electron chi connectivity index (χ1n) is 2.86. The van der Waals surface area contributed by atoms with E-state index in [1.54, 1.807) is 0 Å². The molecule has 0 unspecified atom stereocenters. The van der Waals surface area contributed by atoms with Gasteiger partial charge in [-0.2, -0.15) is 0 Å². The van der Waals surface area contributed by atoms with Crippen LogP contribution < -0.4 is 5.32 Å². The van der Waals surface area contributed by atoms with Crippen molar-refractivity contribution in [2.24, 2.45) is 0 Å². The van der Waals surface area contributed by atoms with Gasteiger partial charge in [0.25, 0.3) is 5.92 Å². The summed E-state index contributed by atoms with van der Waals surface area (Å²) in [5, 5.41) is 10.9. The Labute approximate surface area is 64.0 Å². The van der Waals surface area contributed by atoms with E-state index >= 15 is 0 Å². The monoisotopic (exact) mass is 173 g/mol. The summed E-state index contributed by atoms with van der Waals surface area (Å²) in [5.41, 5.74) is 0. The number of aliphatic hydroxyl groups excluding tert-OH is 1. The van der Waals surface area contributed by atoms with Crippen LogP contribution in [-0.2, 0) is 0 Å². The van der Waals surface area contributed by atoms with Crippen LogP contribution in [0.3, 0.4) is 0 Å². The lowest BCUT2D eigenvalue weighted by molar-refractivity contribution is 0.0192. The third-order valence-electron chi connectivity index (χ3n) is 1.41. The highest BCUT2D eigenvalue weighted by Gasteiger charge is 2.38. The number of aliphatic hydroxyl groups is 1. The van der Waals surface area contributed by atoms with Crippen LogP contribution in [0, 0.1) is 0 Å². The minimum Gasteiger partial charge on any atom is -0.395 e. The summed E-state index contributed by atoms with van der Waals surface area (Å²) >= 11 is 0. The molecule has 1 aliphatic heterocycles. The first-order valence-corrected chi connectivity index (χ1v) is 2.86. The van der Waals surface area contributed by atoms with E-state index in [9.17, 15) is 8.78 Å². The van der Waals surface area contributed by atoms with E-state index in [-0.39, 0.29) is 32.0 Å². The average molecular weight is 174 g/mol. The van der Waals surface area contributed by atoms with Gasteiger partial charge in [-0.1, -0.05) is 0 Å². The maximum Gasteiger partial charge on any atom is 0.261 e. The van der Waals surface area contributed by atoms with Crippen molar-refractivity contribution in [3.05, 3.63) is 0 Å². The van der Waals surface area contributed by atoms with Crippen LogP contribution in [0.2, 0.25) is 0 Å². The Bertz CT molecular complexity index is 112. The van der Waals surface area contributed by atoms with E-state index in [1.165, 1.54) is 0 Å². The van der Waals surface area contributed by atoms with Gasteiger partial charge in [0.05, 0.1) is 13.2 Å². The molecule has 1 atom stereocenters. The number of alkyl halides is 2. The van der Waals surface area contributed by atoms with Crippen molar-refractivity contribution in [2.45, 2.75) is 18.4 Å². The summed E-state index contributed by atoms with van der Waals surface area (Å²) in [7, 11) is 0. The number of hydrogen-bond donors (Lipinski definition) is 2. The second-order valence-electron chi connectivity index (χ2n) is 2.32. The molecule has 62 valence electrons. The first kappa shape index (κ1) is 10.1. The standard InChI is InChI=1S/C5H9F2NO.ClH/c6-5(7)1-4(2-9)8-3-5;/h4,8-9H,1-3H2;1H/t4-;/m0./s1. The van der Waals surface area contributed by atoms with Gasteiger partial charge in [0.2, 0.25) is 0 Å². The fourth-order valence-electron chi connectivity index (χ4n) is 0.928. The van der Waals surface area contributed by atoms with Gasteiger partial charge in [-0.05, 0) is 0 Å². The van der Waals surface area contributed by atoms with Crippen molar-refractivity contribution in [3.63, 3.8) is 0 Å². The zero-order chi connectivity index (χ0) is 6.91. The van der Waals surface area contributed by atoms with E-state index in [2.05, 4.69) is 5.32 Å². The maximum absolute atomic E-state index is 12.2. The molecule has 10 heavy (non-hydrogen) atoms. The molecule has 1 heterocycles. The van der Waals surface area contributed by atoms with Crippen LogP contribution in [-0.4, -0.2) is 30.2 Å². The Kier molecular flexibility index (Phi) is 3.48. The molecule has 2 N–H and O–H groups in total. The van der Waals surface area contributed by atoms with E-state index in [0.29, 0.717) is 0 Å². The van der Waals surface area contributed by atoms with Crippen molar-refractivity contribution < 1.29 is 13.9 Å². The molecular formula is C5H10ClF2NO. The van der Waals surface area contributed by atoms with Gasteiger partial charge < -0.3 is 10.4 Å². The number of nitrogens with one attached hydrogen (secondary N) is 1. The Morgan fingerprint density at radius 1 is 1.60 bits per heavy atom. The van der Waals surface area contributed by atoms with Gasteiger partial charge in [-0.25, -0.2) is 8.78 Å². The Morgan fingerprint density at radius 2 is 2.20 bits per heavy atom. The quantitative estimate of drug-likeness (QED) is 0.602. The molecule has 1 saturated heterocycles. The van der Waals surface area contributed by atoms with Crippen LogP contribution in [0.1, 0.15) is 6.42 Å². The molecule has 1 aliphatic rings. The normalized spacial score (nSPS) is 29.7. The second-order valence-corrected chi connectivity index (χ2v) is 2.32. The lowest BCUT2D eigenvalue weighted by Crippen LogP contribution is -2.25. The molecule has 1 fully saturated rings. The third kappa shape index (κ3) is 2.36. The van der Waals surface area contributed by atoms with Gasteiger partial charge in [0, 0.05) is 12.5 Å². The van der Waals surface area contributed by atoms with Crippen LogP contribution >= 0.6 is 12.4 Å². The number of halogens is 3. The molecule has 1 rings (SSSR count). The molecule has 0 amide bonds. The van der Waals surface area contributed by atoms with Gasteiger partial charge in [-0.3, -0.25) is 0 Å². The second kappa shape index (κ2) is 3.46. The predicted molar refractivity (Wildman–Crippen MR) is 35.7 cm³/mol. The van der Waals surface area contributed by atoms with E-state index in [4.69, 9.17) is 5.11 Å². The average Bonchev–Trinajstić information content (AvgIpc) is 2.10. The molecule has 0 spiro atoms. The maximum atomic E-state index is 12.2. The van der Waals surface area contributed by atoms with Crippen molar-refractivity contribution in [3.8, 4) is 0 Å². The molecular weight excluding hydrogens is 164 g/mol. The van der Waals surface area contributed by atoms with Crippen molar-refractivity contribution in [1.82, 2.24) is 5.32 Å². The Morgan fingerprint density at radius 3 is 2.40 bits per heavy atom. The highest BCUT2D eigenvalue weighted by molar-refractivity contribution is 5.85. The van der Waals surface area contributed by atoms with Crippen molar-refractivity contribution >= 4 is 12.4 Å². The van der Waals surface area contributed by atoms with Gasteiger partial charge in [0.1, 0.15) is 0 Å². The van der Waals surface area contributed by atoms with Crippen molar-refractivity contribution in [2.75, 3.05) is 13.2 Å². The molecule has 0 saturated carbocycles. The number of hydrogen-bond acceptors (Lipinski definition) is 2. The van der Waals surface area contributed by atoms with Gasteiger partial charge in [0.15, 0.2) is 0 Å². The van der Waals surface area contributed by atoms with E-state index in [1.807, 2.05) is 0 Å². The van der Waals surface area contributed by atoms with Crippen LogP contribution in [0.15, 0.2) is 0 Å². The van der Waals surface area contributed by atoms with Crippen molar-refractivity contribution in [1.29, 1.82) is 0 Å². The largest absolute Gasteiger partial charge is 0.395 e. The summed E-state index contributed by atoms with van der Waals surface area (Å²) in [6.45, 7) is -0.492. The minimum absolute atomic E-state index is 0. The first-order chi connectivity index (χ1) is 4.14. The predicted octanol–water partition coefficient (Wildman–Crippen LogP) is 0.398. The third-order valence-corrected chi connectivity index (χ3v) is 1.41. The summed E-state index contributed by atoms with van der Waals surface area (Å²) in [6, 6.07) is -0.403. The molecule has 5 heteroatoms. The summed E-state index contributed by atoms with van der Waals surface area (Å²) in [5.74, 6) is -2.60. The highest BCUT2D eigenvalue weighted by atomic mass is 35.5. The highest BCUT2D eigenvalue weighted by Crippen LogP contribution is 2.24. The van der Waals surface area contributed by atoms with Gasteiger partial charge in [-0.15, -0.1) is 12.4 Å². The molecule has 0 aromatic heterocycles. The Hall–Kier alpha value is 0.0700. The SMILES string of the molecule is Cl.OC[C@@H]1CC(F)(F)CN1. The molecule has 0 aromatic rings. The van der Waals surface area contributed by atoms with Crippen LogP contribution in [0.4, 0.5) is 8.78 Å². The van der Waals surface area contributed by atoms with E-state index < -0.39 is 12.0 Å². The molecule has 0 bridgehead atoms. The minimum atomic E-state index is -2.60. The lowest BCUT2D eigenvalue weighted by atomic mass is 10.2. The number of rotatable bonds is 1. The molecule has 0 radical (unpaired) electrons. The Balaban J connectivity index is 0.000000810. The van der Waals surface area contributed by atoms with Crippen LogP contribution in [0.25, 0.3) is 0 Å². The van der Waals surface area contributed by atoms with Crippen LogP contribution in [0.5, 0.6) is 0 Å². The topological polar surface area (TPSA) is 32.3 Å². The smallest absolute Gasteiger partial charge is 0.261 e. The molecule has 2 nitrogen and oxygen atoms in total. The lowest BCUT2D eigenvalue weighted by Gasteiger charge is -2.04. The fraction of sp³-hybridized carbons (Fsp3) is 1.00. The summed E-state index contributed by atoms with van der Waals surface area (Å²) < 4.78 is 24.4. The molecule has 0 aliphatic carbocycles. The van der Waals surface area contributed by atoms with E-state index in [0.717, 1.165) is 0 Å². The fourth-order valence-corrected chi connectivity index (χ4v) is 0.928. The zero-order valence-electron chi connectivity index (χ0n) is 5.31. The summed E-state index contributed by atoms with van der Waals surface area (Å²) in [4.78, 5) is 0. The molecule has 0 aromatic carbocycles.